The molecule has 0 aliphatic rings. The van der Waals surface area contributed by atoms with Gasteiger partial charge in [-0.2, -0.15) is 0 Å². The lowest BCUT2D eigenvalue weighted by molar-refractivity contribution is -0.107. The summed E-state index contributed by atoms with van der Waals surface area (Å²) in [4.78, 5) is 10.1. The molecule has 0 heterocycles. The van der Waals surface area contributed by atoms with Gasteiger partial charge in [0, 0.05) is 11.4 Å². The van der Waals surface area contributed by atoms with Crippen LogP contribution in [0.3, 0.4) is 0 Å². The van der Waals surface area contributed by atoms with Crippen molar-refractivity contribution in [3.8, 4) is 0 Å². The molecule has 0 saturated heterocycles. The number of hydrogen-bond donors (Lipinski definition) is 0. The average Bonchev–Trinajstić information content (AvgIpc) is 2.11. The Bertz CT molecular complexity index is 294. The number of carbonyl (C=O) groups is 1. The zero-order valence-electron chi connectivity index (χ0n) is 7.72. The molecule has 0 bridgehead atoms. The number of aldehydes is 1. The van der Waals surface area contributed by atoms with Gasteiger partial charge in [-0.25, -0.2) is 0 Å². The van der Waals surface area contributed by atoms with Crippen LogP contribution >= 0.6 is 11.6 Å². The third kappa shape index (κ3) is 3.19. The Morgan fingerprint density at radius 1 is 1.46 bits per heavy atom. The van der Waals surface area contributed by atoms with Crippen molar-refractivity contribution >= 4 is 17.9 Å². The zero-order valence-corrected chi connectivity index (χ0v) is 8.47. The van der Waals surface area contributed by atoms with Crippen LogP contribution in [0.2, 0.25) is 5.02 Å². The van der Waals surface area contributed by atoms with Crippen LogP contribution in [0.15, 0.2) is 18.2 Å². The highest BCUT2D eigenvalue weighted by molar-refractivity contribution is 6.31. The second-order valence-electron chi connectivity index (χ2n) is 3.15. The largest absolute Gasteiger partial charge is 0.303 e. The van der Waals surface area contributed by atoms with Crippen LogP contribution in [0.1, 0.15) is 24.0 Å². The van der Waals surface area contributed by atoms with Gasteiger partial charge < -0.3 is 4.79 Å². The number of carbonyl (C=O) groups excluding carboxylic acids is 1. The van der Waals surface area contributed by atoms with Gasteiger partial charge in [0.2, 0.25) is 0 Å². The zero-order chi connectivity index (χ0) is 9.68. The molecule has 0 fully saturated rings. The third-order valence-corrected chi connectivity index (χ3v) is 2.34. The summed E-state index contributed by atoms with van der Waals surface area (Å²) in [5, 5.41) is 0.802. The highest BCUT2D eigenvalue weighted by Crippen LogP contribution is 2.19. The van der Waals surface area contributed by atoms with Gasteiger partial charge in [-0.1, -0.05) is 29.3 Å². The molecule has 0 N–H and O–H groups in total. The normalized spacial score (nSPS) is 10.0. The molecule has 1 nitrogen and oxygen atoms in total. The van der Waals surface area contributed by atoms with Gasteiger partial charge in [-0.05, 0) is 31.4 Å². The van der Waals surface area contributed by atoms with Gasteiger partial charge in [0.05, 0.1) is 0 Å². The Morgan fingerprint density at radius 3 is 2.92 bits per heavy atom. The van der Waals surface area contributed by atoms with E-state index in [0.717, 1.165) is 29.7 Å². The van der Waals surface area contributed by atoms with Gasteiger partial charge in [0.25, 0.3) is 0 Å². The molecule has 2 heteroatoms. The number of hydrogen-bond acceptors (Lipinski definition) is 1. The van der Waals surface area contributed by atoms with Gasteiger partial charge in [0.1, 0.15) is 6.29 Å². The summed E-state index contributed by atoms with van der Waals surface area (Å²) < 4.78 is 0. The summed E-state index contributed by atoms with van der Waals surface area (Å²) in [6.45, 7) is 2.04. The molecule has 0 aliphatic heterocycles. The van der Waals surface area contributed by atoms with Crippen molar-refractivity contribution in [2.24, 2.45) is 0 Å². The molecule has 1 aromatic rings. The lowest BCUT2D eigenvalue weighted by Crippen LogP contribution is -1.88. The first kappa shape index (κ1) is 10.3. The predicted octanol–water partition coefficient (Wildman–Crippen LogP) is 3.17. The number of aryl methyl sites for hydroxylation is 2. The predicted molar refractivity (Wildman–Crippen MR) is 55.2 cm³/mol. The van der Waals surface area contributed by atoms with Crippen LogP contribution in [0.25, 0.3) is 0 Å². The number of unbranched alkanes of at least 4 members (excludes halogenated alkanes) is 1. The van der Waals surface area contributed by atoms with Crippen molar-refractivity contribution in [1.82, 2.24) is 0 Å². The summed E-state index contributed by atoms with van der Waals surface area (Å²) in [6.07, 6.45) is 3.33. The molecule has 0 spiro atoms. The van der Waals surface area contributed by atoms with E-state index in [9.17, 15) is 4.79 Å². The van der Waals surface area contributed by atoms with E-state index in [0.29, 0.717) is 6.42 Å². The van der Waals surface area contributed by atoms with E-state index >= 15 is 0 Å². The van der Waals surface area contributed by atoms with Crippen molar-refractivity contribution in [3.05, 3.63) is 34.3 Å². The van der Waals surface area contributed by atoms with Crippen LogP contribution < -0.4 is 0 Å². The average molecular weight is 197 g/mol. The molecule has 1 rings (SSSR count). The number of halogens is 1. The first-order valence-corrected chi connectivity index (χ1v) is 4.80. The second-order valence-corrected chi connectivity index (χ2v) is 3.56. The maximum atomic E-state index is 10.1. The Kier molecular flexibility index (Phi) is 3.97. The molecule has 0 atom stereocenters. The fourth-order valence-corrected chi connectivity index (χ4v) is 1.48. The summed E-state index contributed by atoms with van der Waals surface area (Å²) in [6, 6.07) is 5.98. The summed E-state index contributed by atoms with van der Waals surface area (Å²) in [7, 11) is 0. The fraction of sp³-hybridized carbons (Fsp3) is 0.364. The molecule has 0 radical (unpaired) electrons. The van der Waals surface area contributed by atoms with E-state index in [1.165, 1.54) is 5.56 Å². The van der Waals surface area contributed by atoms with Gasteiger partial charge in [0.15, 0.2) is 0 Å². The van der Waals surface area contributed by atoms with E-state index in [1.807, 2.05) is 19.1 Å². The van der Waals surface area contributed by atoms with Crippen molar-refractivity contribution in [2.75, 3.05) is 0 Å². The molecule has 1 aromatic carbocycles. The van der Waals surface area contributed by atoms with Crippen LogP contribution in [0.5, 0.6) is 0 Å². The third-order valence-electron chi connectivity index (χ3n) is 1.97. The van der Waals surface area contributed by atoms with Crippen LogP contribution in [0.4, 0.5) is 0 Å². The quantitative estimate of drug-likeness (QED) is 0.534. The van der Waals surface area contributed by atoms with Gasteiger partial charge >= 0.3 is 0 Å². The van der Waals surface area contributed by atoms with E-state index in [2.05, 4.69) is 6.07 Å². The monoisotopic (exact) mass is 196 g/mol. The number of rotatable bonds is 4. The molecular weight excluding hydrogens is 184 g/mol. The van der Waals surface area contributed by atoms with Crippen molar-refractivity contribution in [2.45, 2.75) is 26.2 Å². The lowest BCUT2D eigenvalue weighted by Gasteiger charge is -2.03. The minimum atomic E-state index is 0.615. The molecule has 0 amide bonds. The van der Waals surface area contributed by atoms with Gasteiger partial charge in [-0.3, -0.25) is 0 Å². The molecule has 0 aliphatic carbocycles. The van der Waals surface area contributed by atoms with Crippen molar-refractivity contribution in [1.29, 1.82) is 0 Å². The summed E-state index contributed by atoms with van der Waals surface area (Å²) in [5.74, 6) is 0. The first-order valence-electron chi connectivity index (χ1n) is 4.42. The Labute approximate surface area is 83.7 Å². The first-order chi connectivity index (χ1) is 6.24. The second kappa shape index (κ2) is 5.03. The van der Waals surface area contributed by atoms with Crippen molar-refractivity contribution in [3.63, 3.8) is 0 Å². The lowest BCUT2D eigenvalue weighted by atomic mass is 10.1. The van der Waals surface area contributed by atoms with E-state index in [4.69, 9.17) is 11.6 Å². The van der Waals surface area contributed by atoms with Gasteiger partial charge in [-0.15, -0.1) is 0 Å². The molecule has 70 valence electrons. The van der Waals surface area contributed by atoms with E-state index in [-0.39, 0.29) is 0 Å². The summed E-state index contributed by atoms with van der Waals surface area (Å²) in [5.41, 5.74) is 2.36. The molecule has 13 heavy (non-hydrogen) atoms. The highest BCUT2D eigenvalue weighted by Gasteiger charge is 1.99. The standard InChI is InChI=1S/C11H13ClO/c1-9-5-6-11(12)10(8-9)4-2-3-7-13/h5-8H,2-4H2,1H3. The molecule has 0 unspecified atom stereocenters. The maximum Gasteiger partial charge on any atom is 0.120 e. The smallest absolute Gasteiger partial charge is 0.120 e. The highest BCUT2D eigenvalue weighted by atomic mass is 35.5. The van der Waals surface area contributed by atoms with Crippen LogP contribution in [0, 0.1) is 6.92 Å². The molecule has 0 aromatic heterocycles. The molecule has 0 saturated carbocycles. The Morgan fingerprint density at radius 2 is 2.23 bits per heavy atom. The Balaban J connectivity index is 2.64. The topological polar surface area (TPSA) is 17.1 Å². The minimum absolute atomic E-state index is 0.615. The SMILES string of the molecule is Cc1ccc(Cl)c(CCCC=O)c1. The number of benzene rings is 1. The van der Waals surface area contributed by atoms with Crippen LogP contribution in [-0.4, -0.2) is 6.29 Å². The Hall–Kier alpha value is -0.820. The van der Waals surface area contributed by atoms with Crippen molar-refractivity contribution < 1.29 is 4.79 Å². The summed E-state index contributed by atoms with van der Waals surface area (Å²) >= 11 is 5.99. The van der Waals surface area contributed by atoms with E-state index in [1.54, 1.807) is 0 Å². The molecular formula is C11H13ClO. The fourth-order valence-electron chi connectivity index (χ4n) is 1.27. The maximum absolute atomic E-state index is 10.1. The minimum Gasteiger partial charge on any atom is -0.303 e. The van der Waals surface area contributed by atoms with E-state index < -0.39 is 0 Å². The van der Waals surface area contributed by atoms with Crippen LogP contribution in [-0.2, 0) is 11.2 Å².